The Morgan fingerprint density at radius 3 is 3.08 bits per heavy atom. The third-order valence-electron chi connectivity index (χ3n) is 1.16. The normalized spacial score (nSPS) is 19.2. The minimum Gasteiger partial charge on any atom is -0.847 e. The maximum absolute atomic E-state index is 10.8. The Balaban J connectivity index is 2.68. The van der Waals surface area contributed by atoms with E-state index in [0.29, 0.717) is 0 Å². The Morgan fingerprint density at radius 2 is 2.58 bits per heavy atom. The fourth-order valence-corrected chi connectivity index (χ4v) is 0.685. The largest absolute Gasteiger partial charge is 0.847 e. The molecule has 1 rings (SSSR count). The number of rotatable bonds is 2. The second kappa shape index (κ2) is 3.61. The minimum absolute atomic E-state index is 0.149. The fraction of sp³-hybridized carbons (Fsp3) is 0.400. The smallest absolute Gasteiger partial charge is 0.518 e. The highest BCUT2D eigenvalue weighted by Crippen LogP contribution is 2.17. The predicted octanol–water partition coefficient (Wildman–Crippen LogP) is -0.303. The molecule has 0 N–H and O–H groups in total. The molecule has 7 nitrogen and oxygen atoms in total. The number of hydrogen-bond acceptors (Lipinski definition) is 3. The molecule has 0 aromatic rings. The minimum atomic E-state index is -0.734. The molecule has 63 valence electrons. The lowest BCUT2D eigenvalue weighted by Gasteiger charge is -1.94. The van der Waals surface area contributed by atoms with Gasteiger partial charge in [0.2, 0.25) is 11.0 Å². The summed E-state index contributed by atoms with van der Waals surface area (Å²) in [6.07, 6.45) is -0.156. The molecule has 1 aliphatic heterocycles. The van der Waals surface area contributed by atoms with Gasteiger partial charge in [-0.3, -0.25) is 9.84 Å². The van der Waals surface area contributed by atoms with Crippen molar-refractivity contribution < 1.29 is 19.5 Å². The SMILES string of the molecule is [N-]=[N+]=N[O+]=C1CC([O])=C(C[O-])O1. The molecular formula is C5H4N3O4. The van der Waals surface area contributed by atoms with Crippen LogP contribution in [0.25, 0.3) is 10.4 Å². The molecule has 12 heavy (non-hydrogen) atoms. The number of hydrogen-bond donors (Lipinski definition) is 0. The van der Waals surface area contributed by atoms with Crippen molar-refractivity contribution in [3.8, 4) is 0 Å². The quantitative estimate of drug-likeness (QED) is 0.141. The summed E-state index contributed by atoms with van der Waals surface area (Å²) in [5, 5.41) is 23.7. The van der Waals surface area contributed by atoms with Crippen LogP contribution in [0.1, 0.15) is 6.42 Å². The molecule has 1 radical (unpaired) electrons. The first-order valence-electron chi connectivity index (χ1n) is 3.00. The van der Waals surface area contributed by atoms with E-state index in [0.717, 1.165) is 0 Å². The lowest BCUT2D eigenvalue weighted by Crippen LogP contribution is -2.11. The first kappa shape index (κ1) is 8.38. The molecule has 0 unspecified atom stereocenters. The van der Waals surface area contributed by atoms with Crippen LogP contribution in [0.2, 0.25) is 0 Å². The van der Waals surface area contributed by atoms with Crippen LogP contribution in [0.4, 0.5) is 0 Å². The second-order valence-corrected chi connectivity index (χ2v) is 1.90. The Kier molecular flexibility index (Phi) is 2.52. The van der Waals surface area contributed by atoms with Crippen molar-refractivity contribution in [1.29, 1.82) is 0 Å². The van der Waals surface area contributed by atoms with Gasteiger partial charge >= 0.3 is 5.97 Å². The molecule has 0 bridgehead atoms. The Labute approximate surface area is 66.8 Å². The summed E-state index contributed by atoms with van der Waals surface area (Å²) in [6.45, 7) is -0.734. The number of nitrogens with zero attached hydrogens (tertiary/aromatic N) is 3. The van der Waals surface area contributed by atoms with Gasteiger partial charge < -0.3 is 5.11 Å². The van der Waals surface area contributed by atoms with Crippen molar-refractivity contribution in [2.24, 2.45) is 5.28 Å². The Bertz CT molecular complexity index is 289. The van der Waals surface area contributed by atoms with E-state index in [1.54, 1.807) is 0 Å². The van der Waals surface area contributed by atoms with Crippen LogP contribution in [0.3, 0.4) is 0 Å². The number of ether oxygens (including phenoxy) is 1. The van der Waals surface area contributed by atoms with Gasteiger partial charge in [0.05, 0.1) is 4.91 Å². The monoisotopic (exact) mass is 170 g/mol. The van der Waals surface area contributed by atoms with Gasteiger partial charge in [0.1, 0.15) is 0 Å². The van der Waals surface area contributed by atoms with E-state index in [9.17, 15) is 10.2 Å². The lowest BCUT2D eigenvalue weighted by atomic mass is 10.4. The molecule has 0 aromatic heterocycles. The van der Waals surface area contributed by atoms with Crippen LogP contribution < -0.4 is 5.11 Å². The zero-order valence-electron chi connectivity index (χ0n) is 5.89. The van der Waals surface area contributed by atoms with Crippen molar-refractivity contribution in [2.45, 2.75) is 6.42 Å². The van der Waals surface area contributed by atoms with Crippen molar-refractivity contribution in [1.82, 2.24) is 0 Å². The van der Waals surface area contributed by atoms with Crippen molar-refractivity contribution in [3.05, 3.63) is 22.0 Å². The summed E-state index contributed by atoms with van der Waals surface area (Å²) in [4.78, 5) is 2.28. The maximum atomic E-state index is 10.8. The second-order valence-electron chi connectivity index (χ2n) is 1.90. The first-order valence-corrected chi connectivity index (χ1v) is 3.00. The highest BCUT2D eigenvalue weighted by molar-refractivity contribution is 5.76. The summed E-state index contributed by atoms with van der Waals surface area (Å²) in [5.41, 5.74) is 7.83. The third-order valence-corrected chi connectivity index (χ3v) is 1.16. The molecule has 1 aliphatic rings. The number of cyclic esters (lactones) is 1. The van der Waals surface area contributed by atoms with Crippen LogP contribution >= 0.6 is 0 Å². The van der Waals surface area contributed by atoms with E-state index < -0.39 is 12.4 Å². The van der Waals surface area contributed by atoms with E-state index in [4.69, 9.17) is 5.53 Å². The standard InChI is InChI=1S/C5H4N3O4/c6-7-8-12-5-1-3(10)4(2-9)11-5/h1-2H2. The zero-order valence-corrected chi connectivity index (χ0v) is 5.89. The van der Waals surface area contributed by atoms with Gasteiger partial charge in [-0.25, -0.2) is 0 Å². The van der Waals surface area contributed by atoms with Gasteiger partial charge in [0.15, 0.2) is 6.42 Å². The molecule has 0 amide bonds. The van der Waals surface area contributed by atoms with Crippen LogP contribution in [-0.4, -0.2) is 12.6 Å². The van der Waals surface area contributed by atoms with Crippen LogP contribution in [0, 0.1) is 0 Å². The van der Waals surface area contributed by atoms with Gasteiger partial charge in [-0.05, 0) is 6.61 Å². The number of esters is 1. The molecule has 1 heterocycles. The summed E-state index contributed by atoms with van der Waals surface area (Å²) < 4.78 is 8.89. The van der Waals surface area contributed by atoms with Gasteiger partial charge in [0.25, 0.3) is 5.76 Å². The van der Waals surface area contributed by atoms with Crippen molar-refractivity contribution >= 4 is 5.97 Å². The van der Waals surface area contributed by atoms with Gasteiger partial charge in [-0.15, -0.1) is 0 Å². The average molecular weight is 170 g/mol. The molecule has 0 aliphatic carbocycles. The van der Waals surface area contributed by atoms with Crippen LogP contribution in [0.15, 0.2) is 16.8 Å². The molecular weight excluding hydrogens is 166 g/mol. The van der Waals surface area contributed by atoms with Gasteiger partial charge in [0, 0.05) is 5.53 Å². The van der Waals surface area contributed by atoms with E-state index in [-0.39, 0.29) is 18.1 Å². The number of carbonyl (C=O) groups excluding carboxylic acids is 1. The Hall–Kier alpha value is -1.72. The van der Waals surface area contributed by atoms with Crippen molar-refractivity contribution in [3.63, 3.8) is 0 Å². The van der Waals surface area contributed by atoms with Gasteiger partial charge in [-0.2, -0.15) is 4.53 Å². The topological polar surface area (TPSA) is 112 Å². The van der Waals surface area contributed by atoms with Crippen LogP contribution in [0.5, 0.6) is 0 Å². The molecule has 0 spiro atoms. The Morgan fingerprint density at radius 1 is 1.83 bits per heavy atom. The number of azide groups is 1. The first-order chi connectivity index (χ1) is 5.77. The molecule has 0 atom stereocenters. The maximum Gasteiger partial charge on any atom is 0.518 e. The van der Waals surface area contributed by atoms with E-state index in [2.05, 4.69) is 19.5 Å². The summed E-state index contributed by atoms with van der Waals surface area (Å²) in [5.74, 6) is -0.796. The zero-order chi connectivity index (χ0) is 8.97. The third kappa shape index (κ3) is 1.66. The molecule has 0 aromatic carbocycles. The molecule has 7 heteroatoms. The highest BCUT2D eigenvalue weighted by Gasteiger charge is 2.33. The average Bonchev–Trinajstić information content (AvgIpc) is 2.43. The van der Waals surface area contributed by atoms with E-state index in [1.807, 2.05) is 0 Å². The molecule has 0 saturated carbocycles. The molecule has 0 fully saturated rings. The molecule has 0 saturated heterocycles. The summed E-state index contributed by atoms with van der Waals surface area (Å²) >= 11 is 0. The summed E-state index contributed by atoms with van der Waals surface area (Å²) in [7, 11) is 0. The fourth-order valence-electron chi connectivity index (χ4n) is 0.685. The van der Waals surface area contributed by atoms with E-state index in [1.165, 1.54) is 0 Å². The van der Waals surface area contributed by atoms with Crippen LogP contribution in [-0.2, 0) is 14.4 Å². The van der Waals surface area contributed by atoms with Crippen molar-refractivity contribution in [2.75, 3.05) is 6.61 Å². The predicted molar refractivity (Wildman–Crippen MR) is 32.4 cm³/mol. The summed E-state index contributed by atoms with van der Waals surface area (Å²) in [6, 6.07) is 0. The van der Waals surface area contributed by atoms with Gasteiger partial charge in [-0.1, -0.05) is 0 Å². The lowest BCUT2D eigenvalue weighted by molar-refractivity contribution is -0.476. The van der Waals surface area contributed by atoms with E-state index >= 15 is 0 Å². The highest BCUT2D eigenvalue weighted by atomic mass is 16.7.